The first-order valence-electron chi connectivity index (χ1n) is 15.7. The van der Waals surface area contributed by atoms with E-state index in [2.05, 4.69) is 183 Å². The Morgan fingerprint density at radius 3 is 1.69 bits per heavy atom. The smallest absolute Gasteiger partial charge is 0.106 e. The summed E-state index contributed by atoms with van der Waals surface area (Å²) in [6.07, 6.45) is 5.83. The summed E-state index contributed by atoms with van der Waals surface area (Å²) in [5.41, 5.74) is 8.28. The molecule has 0 N–H and O–H groups in total. The molecule has 0 fully saturated rings. The van der Waals surface area contributed by atoms with Gasteiger partial charge in [-0.15, -0.1) is 61.2 Å². The molecule has 2 aliphatic rings. The van der Waals surface area contributed by atoms with Gasteiger partial charge < -0.3 is 0 Å². The van der Waals surface area contributed by atoms with Crippen molar-refractivity contribution >= 4 is 81.2 Å². The van der Waals surface area contributed by atoms with Crippen molar-refractivity contribution in [2.45, 2.75) is 115 Å². The first-order chi connectivity index (χ1) is 19.6. The highest BCUT2D eigenvalue weighted by atomic mass is 79.9. The Labute approximate surface area is 288 Å². The number of hydrogen-bond acceptors (Lipinski definition) is 0. The van der Waals surface area contributed by atoms with Crippen molar-refractivity contribution in [1.29, 1.82) is 0 Å². The fraction of sp³-hybridized carbons (Fsp3) is 0.500. The Bertz CT molecular complexity index is 1450. The van der Waals surface area contributed by atoms with Crippen LogP contribution >= 0.6 is 61.2 Å². The molecule has 0 nitrogen and oxygen atoms in total. The van der Waals surface area contributed by atoms with E-state index in [1.165, 1.54) is 30.0 Å². The number of hydrogen-bond donors (Lipinski definition) is 0. The second-order valence-electron chi connectivity index (χ2n) is 14.1. The molecule has 3 aromatic carbocycles. The number of fused-ring (bicyclic) bond motifs is 2. The lowest BCUT2D eigenvalue weighted by molar-refractivity contribution is 0.269. The van der Waals surface area contributed by atoms with E-state index in [0.717, 1.165) is 12.8 Å². The monoisotopic (exact) mass is 850 g/mol. The maximum atomic E-state index is 4.62. The molecule has 0 spiro atoms. The second kappa shape index (κ2) is 11.4. The van der Waals surface area contributed by atoms with Gasteiger partial charge in [-0.25, -0.2) is 0 Å². The van der Waals surface area contributed by atoms with Crippen LogP contribution in [-0.4, -0.2) is 9.66 Å². The number of benzene rings is 3. The maximum absolute atomic E-state index is 4.62. The standard InChI is InChI=1S/C36H46Br4Si2/c1-9-35(10-2)24-33(5,6)29-27(35)23-28-30(31(29)42(39,40)41(37,38)26-21-17-14-18-22-26)34(7,8)32(36(28,11-3)12-4)25-19-15-13-16-20-25/h13-23,32H,9-12,24H2,1-8H3. The Morgan fingerprint density at radius 2 is 1.19 bits per heavy atom. The normalized spacial score (nSPS) is 21.7. The van der Waals surface area contributed by atoms with E-state index in [1.54, 1.807) is 27.4 Å². The number of halogens is 4. The molecule has 0 saturated heterocycles. The van der Waals surface area contributed by atoms with Crippen molar-refractivity contribution < 1.29 is 0 Å². The molecule has 0 bridgehead atoms. The van der Waals surface area contributed by atoms with Gasteiger partial charge in [0.2, 0.25) is 9.66 Å². The molecule has 226 valence electrons. The average Bonchev–Trinajstić information content (AvgIpc) is 3.33. The van der Waals surface area contributed by atoms with Gasteiger partial charge in [-0.05, 0) is 86.5 Å². The zero-order valence-corrected chi connectivity index (χ0v) is 34.8. The van der Waals surface area contributed by atoms with E-state index < -0.39 is 9.66 Å². The summed E-state index contributed by atoms with van der Waals surface area (Å²) in [4.78, 5) is -4.94. The Morgan fingerprint density at radius 1 is 0.667 bits per heavy atom. The molecule has 6 heteroatoms. The van der Waals surface area contributed by atoms with Crippen molar-refractivity contribution in [3.05, 3.63) is 94.5 Å². The highest BCUT2D eigenvalue weighted by Crippen LogP contribution is 2.65. The summed E-state index contributed by atoms with van der Waals surface area (Å²) in [5.74, 6) is 0.404. The van der Waals surface area contributed by atoms with E-state index in [4.69, 9.17) is 0 Å². The lowest BCUT2D eigenvalue weighted by Crippen LogP contribution is -2.64. The van der Waals surface area contributed by atoms with Crippen molar-refractivity contribution in [1.82, 2.24) is 0 Å². The SMILES string of the molecule is CCC1(CC)CC(C)(C)c2c1cc1c(c2[Si](Br)(Br)[Si](Br)(Br)c2ccccc2)C(C)(C)C(c2ccccc2)C1(CC)CC. The largest absolute Gasteiger partial charge is 0.249 e. The molecule has 1 unspecified atom stereocenters. The van der Waals surface area contributed by atoms with E-state index in [1.807, 2.05) is 0 Å². The summed E-state index contributed by atoms with van der Waals surface area (Å²) in [5, 5.41) is 2.99. The van der Waals surface area contributed by atoms with Crippen LogP contribution in [-0.2, 0) is 21.7 Å². The van der Waals surface area contributed by atoms with Crippen molar-refractivity contribution in [2.75, 3.05) is 0 Å². The molecule has 0 radical (unpaired) electrons. The fourth-order valence-corrected chi connectivity index (χ4v) is 27.3. The molecule has 3 aromatic rings. The molecule has 0 saturated carbocycles. The minimum atomic E-state index is -2.55. The van der Waals surface area contributed by atoms with Gasteiger partial charge in [-0.2, -0.15) is 0 Å². The molecule has 0 amide bonds. The zero-order chi connectivity index (χ0) is 30.9. The van der Waals surface area contributed by atoms with Crippen molar-refractivity contribution in [2.24, 2.45) is 0 Å². The summed E-state index contributed by atoms with van der Waals surface area (Å²) >= 11 is 18.1. The van der Waals surface area contributed by atoms with Crippen LogP contribution in [0.5, 0.6) is 0 Å². The first kappa shape index (κ1) is 33.4. The van der Waals surface area contributed by atoms with Crippen LogP contribution in [0.1, 0.15) is 121 Å². The molecule has 5 rings (SSSR count). The van der Waals surface area contributed by atoms with Crippen LogP contribution in [0, 0.1) is 0 Å². The van der Waals surface area contributed by atoms with Crippen LogP contribution in [0.25, 0.3) is 0 Å². The van der Waals surface area contributed by atoms with Crippen LogP contribution in [0.4, 0.5) is 0 Å². The lowest BCUT2D eigenvalue weighted by Gasteiger charge is -2.41. The van der Waals surface area contributed by atoms with Gasteiger partial charge in [0.25, 0.3) is 0 Å². The molecule has 0 aromatic heterocycles. The average molecular weight is 855 g/mol. The second-order valence-corrected chi connectivity index (χ2v) is 51.4. The van der Waals surface area contributed by atoms with Gasteiger partial charge in [-0.3, -0.25) is 0 Å². The van der Waals surface area contributed by atoms with Crippen LogP contribution < -0.4 is 10.4 Å². The highest BCUT2D eigenvalue weighted by Gasteiger charge is 2.64. The number of rotatable bonds is 8. The van der Waals surface area contributed by atoms with Crippen LogP contribution in [0.3, 0.4) is 0 Å². The summed E-state index contributed by atoms with van der Waals surface area (Å²) in [6, 6.07) is 25.3. The Hall–Kier alpha value is 0.0138. The van der Waals surface area contributed by atoms with E-state index >= 15 is 0 Å². The topological polar surface area (TPSA) is 0 Å². The van der Waals surface area contributed by atoms with E-state index in [-0.39, 0.29) is 21.7 Å². The molecule has 0 aliphatic heterocycles. The van der Waals surface area contributed by atoms with Gasteiger partial charge >= 0.3 is 0 Å². The molecule has 0 heterocycles. The Kier molecular flexibility index (Phi) is 9.03. The predicted molar refractivity (Wildman–Crippen MR) is 204 cm³/mol. The van der Waals surface area contributed by atoms with Gasteiger partial charge in [0.1, 0.15) is 0 Å². The first-order valence-corrected chi connectivity index (χ1v) is 29.7. The lowest BCUT2D eigenvalue weighted by atomic mass is 9.62. The minimum Gasteiger partial charge on any atom is -0.106 e. The zero-order valence-electron chi connectivity index (χ0n) is 26.5. The highest BCUT2D eigenvalue weighted by molar-refractivity contribution is 9.67. The van der Waals surface area contributed by atoms with Crippen molar-refractivity contribution in [3.63, 3.8) is 0 Å². The fourth-order valence-electron chi connectivity index (χ4n) is 9.49. The quantitative estimate of drug-likeness (QED) is 0.156. The van der Waals surface area contributed by atoms with Gasteiger partial charge in [-0.1, -0.05) is 122 Å². The summed E-state index contributed by atoms with van der Waals surface area (Å²) in [7, 11) is 0. The van der Waals surface area contributed by atoms with E-state index in [0.29, 0.717) is 5.92 Å². The third kappa shape index (κ3) is 4.60. The van der Waals surface area contributed by atoms with Gasteiger partial charge in [0.15, 0.2) is 0 Å². The molecule has 1 atom stereocenters. The molecule has 42 heavy (non-hydrogen) atoms. The van der Waals surface area contributed by atoms with Gasteiger partial charge in [0.05, 0.1) is 0 Å². The molecule has 2 aliphatic carbocycles. The van der Waals surface area contributed by atoms with Crippen LogP contribution in [0.15, 0.2) is 66.7 Å². The maximum Gasteiger partial charge on any atom is 0.249 e. The summed E-state index contributed by atoms with van der Waals surface area (Å²) in [6.45, 7) is 19.9. The molecular weight excluding hydrogens is 808 g/mol. The third-order valence-electron chi connectivity index (χ3n) is 11.4. The Balaban J connectivity index is 1.99. The molecular formula is C36H46Br4Si2. The predicted octanol–water partition coefficient (Wildman–Crippen LogP) is 11.2. The summed E-state index contributed by atoms with van der Waals surface area (Å²) < 4.78 is 0. The van der Waals surface area contributed by atoms with Crippen molar-refractivity contribution in [3.8, 4) is 0 Å². The van der Waals surface area contributed by atoms with E-state index in [9.17, 15) is 0 Å². The third-order valence-corrected chi connectivity index (χ3v) is 64.1. The van der Waals surface area contributed by atoms with Crippen LogP contribution in [0.2, 0.25) is 0 Å². The van der Waals surface area contributed by atoms with Gasteiger partial charge in [0, 0.05) is 11.3 Å². The minimum absolute atomic E-state index is 0.0478.